The molecule has 0 spiro atoms. The molecule has 3 fully saturated rings. The number of likely N-dealkylation sites (tertiary alicyclic amines) is 2. The molecule has 230 valence electrons. The Hall–Kier alpha value is -3.47. The zero-order valence-corrected chi connectivity index (χ0v) is 25.6. The van der Waals surface area contributed by atoms with Crippen LogP contribution in [0.4, 0.5) is 5.69 Å². The van der Waals surface area contributed by atoms with Crippen LogP contribution in [0.3, 0.4) is 0 Å². The number of fused-ring (bicyclic) bond motifs is 1. The van der Waals surface area contributed by atoms with E-state index in [2.05, 4.69) is 15.5 Å². The monoisotopic (exact) mass is 583 g/mol. The van der Waals surface area contributed by atoms with Crippen molar-refractivity contribution in [1.29, 1.82) is 0 Å². The summed E-state index contributed by atoms with van der Waals surface area (Å²) in [5, 5.41) is 5.67. The van der Waals surface area contributed by atoms with Crippen LogP contribution in [-0.2, 0) is 23.9 Å². The van der Waals surface area contributed by atoms with Crippen LogP contribution >= 0.6 is 0 Å². The van der Waals surface area contributed by atoms with E-state index in [1.807, 2.05) is 46.8 Å². The van der Waals surface area contributed by atoms with Crippen LogP contribution in [0.5, 0.6) is 0 Å². The molecule has 3 aliphatic heterocycles. The number of rotatable bonds is 8. The van der Waals surface area contributed by atoms with Crippen LogP contribution < -0.4 is 15.5 Å². The molecule has 0 aliphatic carbocycles. The Balaban J connectivity index is 1.47. The highest BCUT2D eigenvalue weighted by Crippen LogP contribution is 2.33. The Kier molecular flexibility index (Phi) is 9.60. The van der Waals surface area contributed by atoms with Gasteiger partial charge in [0, 0.05) is 37.8 Å². The van der Waals surface area contributed by atoms with Crippen LogP contribution in [0.2, 0.25) is 0 Å². The first-order valence-electron chi connectivity index (χ1n) is 14.9. The van der Waals surface area contributed by atoms with Crippen molar-refractivity contribution in [2.45, 2.75) is 78.6 Å². The first-order valence-corrected chi connectivity index (χ1v) is 14.9. The normalized spacial score (nSPS) is 22.2. The lowest BCUT2D eigenvalue weighted by molar-refractivity contribution is -0.140. The van der Waals surface area contributed by atoms with Crippen LogP contribution in [0, 0.1) is 11.3 Å². The third-order valence-corrected chi connectivity index (χ3v) is 8.27. The summed E-state index contributed by atoms with van der Waals surface area (Å²) in [6.07, 6.45) is 0.867. The standard InChI is InChI=1S/C31H45N5O6/c1-19(2)17-23(33-28(39)21-7-9-22(10-8-21)34-13-15-42-16-14-34)29(40)35-12-11-24-26(35)25(38)18-36(24)30(41)27(31(4,5)6)32-20(3)37/h7-10,19,23-24,26-27H,11-18H2,1-6H3,(H,32,37)(H,33,39). The minimum atomic E-state index is -0.811. The van der Waals surface area contributed by atoms with Gasteiger partial charge in [-0.05, 0) is 48.4 Å². The number of nitrogens with one attached hydrogen (secondary N) is 2. The van der Waals surface area contributed by atoms with E-state index in [-0.39, 0.29) is 41.9 Å². The van der Waals surface area contributed by atoms with E-state index in [9.17, 15) is 24.0 Å². The van der Waals surface area contributed by atoms with Crippen molar-refractivity contribution in [1.82, 2.24) is 20.4 Å². The van der Waals surface area contributed by atoms with Crippen LogP contribution in [0.25, 0.3) is 0 Å². The van der Waals surface area contributed by atoms with Gasteiger partial charge in [0.05, 0.1) is 25.8 Å². The summed E-state index contributed by atoms with van der Waals surface area (Å²) >= 11 is 0. The number of carbonyl (C=O) groups excluding carboxylic acids is 5. The molecule has 0 aromatic heterocycles. The molecule has 2 N–H and O–H groups in total. The van der Waals surface area contributed by atoms with Gasteiger partial charge in [0.1, 0.15) is 18.1 Å². The zero-order chi connectivity index (χ0) is 30.8. The van der Waals surface area contributed by atoms with Gasteiger partial charge in [0.25, 0.3) is 5.91 Å². The molecule has 11 heteroatoms. The molecule has 3 heterocycles. The Bertz CT molecular complexity index is 1190. The maximum atomic E-state index is 13.9. The molecular formula is C31H45N5O6. The number of ketones is 1. The molecule has 11 nitrogen and oxygen atoms in total. The van der Waals surface area contributed by atoms with Gasteiger partial charge in [-0.2, -0.15) is 0 Å². The third-order valence-electron chi connectivity index (χ3n) is 8.27. The summed E-state index contributed by atoms with van der Waals surface area (Å²) in [5.74, 6) is -1.40. The largest absolute Gasteiger partial charge is 0.378 e. The topological polar surface area (TPSA) is 128 Å². The fourth-order valence-electron chi connectivity index (χ4n) is 6.16. The second-order valence-corrected chi connectivity index (χ2v) is 13.1. The van der Waals surface area contributed by atoms with E-state index in [1.54, 1.807) is 17.0 Å². The maximum Gasteiger partial charge on any atom is 0.251 e. The molecule has 4 rings (SSSR count). The van der Waals surface area contributed by atoms with Gasteiger partial charge in [-0.25, -0.2) is 0 Å². The van der Waals surface area contributed by atoms with E-state index in [0.717, 1.165) is 18.8 Å². The first-order chi connectivity index (χ1) is 19.8. The maximum absolute atomic E-state index is 13.9. The Morgan fingerprint density at radius 1 is 0.952 bits per heavy atom. The number of hydrogen-bond acceptors (Lipinski definition) is 7. The van der Waals surface area contributed by atoms with E-state index in [4.69, 9.17) is 4.74 Å². The molecule has 4 unspecified atom stereocenters. The minimum absolute atomic E-state index is 0.110. The number of carbonyl (C=O) groups is 5. The zero-order valence-electron chi connectivity index (χ0n) is 25.6. The van der Waals surface area contributed by atoms with E-state index in [0.29, 0.717) is 38.2 Å². The fraction of sp³-hybridized carbons (Fsp3) is 0.645. The summed E-state index contributed by atoms with van der Waals surface area (Å²) in [7, 11) is 0. The number of hydrogen-bond donors (Lipinski definition) is 2. The lowest BCUT2D eigenvalue weighted by Gasteiger charge is -2.35. The molecule has 0 radical (unpaired) electrons. The predicted octanol–water partition coefficient (Wildman–Crippen LogP) is 1.60. The average molecular weight is 584 g/mol. The van der Waals surface area contributed by atoms with E-state index < -0.39 is 29.6 Å². The molecule has 4 amide bonds. The quantitative estimate of drug-likeness (QED) is 0.476. The van der Waals surface area contributed by atoms with Crippen LogP contribution in [0.15, 0.2) is 24.3 Å². The summed E-state index contributed by atoms with van der Waals surface area (Å²) in [5.41, 5.74) is 0.900. The predicted molar refractivity (Wildman–Crippen MR) is 158 cm³/mol. The molecule has 4 atom stereocenters. The minimum Gasteiger partial charge on any atom is -0.378 e. The van der Waals surface area contributed by atoms with Crippen molar-refractivity contribution in [3.05, 3.63) is 29.8 Å². The van der Waals surface area contributed by atoms with Gasteiger partial charge in [-0.3, -0.25) is 24.0 Å². The summed E-state index contributed by atoms with van der Waals surface area (Å²) in [6, 6.07) is 4.48. The summed E-state index contributed by atoms with van der Waals surface area (Å²) in [4.78, 5) is 71.1. The highest BCUT2D eigenvalue weighted by atomic mass is 16.5. The number of anilines is 1. The van der Waals surface area contributed by atoms with Gasteiger partial charge < -0.3 is 30.1 Å². The lowest BCUT2D eigenvalue weighted by atomic mass is 9.85. The molecule has 42 heavy (non-hydrogen) atoms. The number of Topliss-reactive ketones (excluding diaryl/α,β-unsaturated/α-hetero) is 1. The van der Waals surface area contributed by atoms with Crippen molar-refractivity contribution in [3.8, 4) is 0 Å². The first kappa shape index (κ1) is 31.5. The second-order valence-electron chi connectivity index (χ2n) is 13.1. The molecule has 1 aromatic carbocycles. The number of benzene rings is 1. The van der Waals surface area contributed by atoms with Crippen molar-refractivity contribution < 1.29 is 28.7 Å². The van der Waals surface area contributed by atoms with Crippen molar-refractivity contribution in [2.24, 2.45) is 11.3 Å². The SMILES string of the molecule is CC(=O)NC(C(=O)N1CC(=O)C2C1CCN2C(=O)C(CC(C)C)NC(=O)c1ccc(N2CCOCC2)cc1)C(C)(C)C. The van der Waals surface area contributed by atoms with E-state index in [1.165, 1.54) is 11.8 Å². The molecule has 1 aromatic rings. The average Bonchev–Trinajstić information content (AvgIpc) is 3.51. The van der Waals surface area contributed by atoms with Crippen molar-refractivity contribution in [3.63, 3.8) is 0 Å². The van der Waals surface area contributed by atoms with Gasteiger partial charge in [0.2, 0.25) is 17.7 Å². The summed E-state index contributed by atoms with van der Waals surface area (Å²) < 4.78 is 5.41. The number of morpholine rings is 1. The number of nitrogens with zero attached hydrogens (tertiary/aromatic N) is 3. The Labute approximate surface area is 248 Å². The third kappa shape index (κ3) is 6.94. The summed E-state index contributed by atoms with van der Waals surface area (Å²) in [6.45, 7) is 14.0. The van der Waals surface area contributed by atoms with E-state index >= 15 is 0 Å². The van der Waals surface area contributed by atoms with Gasteiger partial charge in [-0.15, -0.1) is 0 Å². The fourth-order valence-corrected chi connectivity index (χ4v) is 6.16. The highest BCUT2D eigenvalue weighted by molar-refractivity contribution is 6.01. The van der Waals surface area contributed by atoms with Crippen molar-refractivity contribution in [2.75, 3.05) is 44.3 Å². The van der Waals surface area contributed by atoms with Gasteiger partial charge >= 0.3 is 0 Å². The van der Waals surface area contributed by atoms with Crippen LogP contribution in [0.1, 0.15) is 64.7 Å². The lowest BCUT2D eigenvalue weighted by Crippen LogP contribution is -2.56. The van der Waals surface area contributed by atoms with Gasteiger partial charge in [-0.1, -0.05) is 34.6 Å². The molecule has 0 bridgehead atoms. The molecular weight excluding hydrogens is 538 g/mol. The number of ether oxygens (including phenoxy) is 1. The Morgan fingerprint density at radius 3 is 2.17 bits per heavy atom. The van der Waals surface area contributed by atoms with Crippen molar-refractivity contribution >= 4 is 35.1 Å². The van der Waals surface area contributed by atoms with Crippen LogP contribution in [-0.4, -0.2) is 103 Å². The highest BCUT2D eigenvalue weighted by Gasteiger charge is 2.53. The molecule has 3 aliphatic rings. The molecule has 0 saturated carbocycles. The smallest absolute Gasteiger partial charge is 0.251 e. The van der Waals surface area contributed by atoms with Gasteiger partial charge in [0.15, 0.2) is 5.78 Å². The Morgan fingerprint density at radius 2 is 1.60 bits per heavy atom. The molecule has 3 saturated heterocycles. The number of amides is 4. The second kappa shape index (κ2) is 12.8.